The molecule has 2 aromatic heterocycles. The van der Waals surface area contributed by atoms with Crippen molar-refractivity contribution in [1.82, 2.24) is 14.5 Å². The highest BCUT2D eigenvalue weighted by molar-refractivity contribution is 5.64. The minimum Gasteiger partial charge on any atom is -0.319 e. The third-order valence-corrected chi connectivity index (χ3v) is 3.12. The second-order valence-electron chi connectivity index (χ2n) is 4.19. The molecule has 0 aliphatic carbocycles. The Bertz CT molecular complexity index is 577. The number of hydrogen-bond donors (Lipinski definition) is 0. The standard InChI is InChI=1S/C13H12N4/c14-8-11-13(10-4-3-6-15-9-10)16-12-5-1-2-7-17(11)12/h3-4,6,9H,1-2,5,7H2. The molecule has 17 heavy (non-hydrogen) atoms. The van der Waals surface area contributed by atoms with Gasteiger partial charge in [-0.1, -0.05) is 0 Å². The first-order valence-electron chi connectivity index (χ1n) is 5.80. The van der Waals surface area contributed by atoms with Crippen LogP contribution in [0.4, 0.5) is 0 Å². The summed E-state index contributed by atoms with van der Waals surface area (Å²) >= 11 is 0. The van der Waals surface area contributed by atoms with Crippen LogP contribution in [0.15, 0.2) is 24.5 Å². The summed E-state index contributed by atoms with van der Waals surface area (Å²) in [6.45, 7) is 0.908. The van der Waals surface area contributed by atoms with Gasteiger partial charge in [0.05, 0.1) is 0 Å². The fourth-order valence-corrected chi connectivity index (χ4v) is 2.30. The Labute approximate surface area is 99.6 Å². The topological polar surface area (TPSA) is 54.5 Å². The van der Waals surface area contributed by atoms with Gasteiger partial charge in [0.2, 0.25) is 0 Å². The van der Waals surface area contributed by atoms with E-state index in [1.165, 1.54) is 0 Å². The van der Waals surface area contributed by atoms with E-state index in [9.17, 15) is 5.26 Å². The molecule has 0 bridgehead atoms. The van der Waals surface area contributed by atoms with Crippen molar-refractivity contribution in [2.75, 3.05) is 0 Å². The maximum Gasteiger partial charge on any atom is 0.148 e. The maximum absolute atomic E-state index is 9.29. The Morgan fingerprint density at radius 2 is 2.29 bits per heavy atom. The number of nitrogens with zero attached hydrogens (tertiary/aromatic N) is 4. The van der Waals surface area contributed by atoms with Crippen molar-refractivity contribution < 1.29 is 0 Å². The van der Waals surface area contributed by atoms with Crippen molar-refractivity contribution in [3.8, 4) is 17.3 Å². The van der Waals surface area contributed by atoms with Gasteiger partial charge in [0.15, 0.2) is 0 Å². The monoisotopic (exact) mass is 224 g/mol. The smallest absolute Gasteiger partial charge is 0.148 e. The highest BCUT2D eigenvalue weighted by Crippen LogP contribution is 2.26. The minimum atomic E-state index is 0.674. The first-order valence-corrected chi connectivity index (χ1v) is 5.80. The molecule has 0 saturated heterocycles. The molecule has 0 radical (unpaired) electrons. The van der Waals surface area contributed by atoms with E-state index in [4.69, 9.17) is 0 Å². The van der Waals surface area contributed by atoms with Gasteiger partial charge >= 0.3 is 0 Å². The zero-order valence-electron chi connectivity index (χ0n) is 9.43. The molecule has 3 heterocycles. The van der Waals surface area contributed by atoms with Crippen molar-refractivity contribution >= 4 is 0 Å². The summed E-state index contributed by atoms with van der Waals surface area (Å²) in [4.78, 5) is 8.68. The quantitative estimate of drug-likeness (QED) is 0.745. The van der Waals surface area contributed by atoms with E-state index >= 15 is 0 Å². The number of imidazole rings is 1. The molecule has 0 unspecified atom stereocenters. The van der Waals surface area contributed by atoms with Crippen molar-refractivity contribution in [2.24, 2.45) is 0 Å². The molecule has 0 saturated carbocycles. The summed E-state index contributed by atoms with van der Waals surface area (Å²) in [5.41, 5.74) is 2.37. The summed E-state index contributed by atoms with van der Waals surface area (Å²) in [5.74, 6) is 1.03. The Kier molecular flexibility index (Phi) is 2.37. The molecule has 4 nitrogen and oxygen atoms in total. The van der Waals surface area contributed by atoms with Crippen LogP contribution in [-0.4, -0.2) is 14.5 Å². The van der Waals surface area contributed by atoms with Crippen LogP contribution >= 0.6 is 0 Å². The number of fused-ring (bicyclic) bond motifs is 1. The molecule has 0 fully saturated rings. The van der Waals surface area contributed by atoms with Gasteiger partial charge in [-0.25, -0.2) is 4.98 Å². The van der Waals surface area contributed by atoms with E-state index in [0.29, 0.717) is 5.69 Å². The molecule has 2 aromatic rings. The number of hydrogen-bond acceptors (Lipinski definition) is 3. The van der Waals surface area contributed by atoms with E-state index in [0.717, 1.165) is 42.9 Å². The molecule has 84 valence electrons. The number of nitriles is 1. The molecule has 3 rings (SSSR count). The van der Waals surface area contributed by atoms with Gasteiger partial charge in [0, 0.05) is 30.9 Å². The second-order valence-corrected chi connectivity index (χ2v) is 4.19. The van der Waals surface area contributed by atoms with Crippen LogP contribution in [-0.2, 0) is 13.0 Å². The molecule has 1 aliphatic rings. The molecule has 4 heteroatoms. The van der Waals surface area contributed by atoms with E-state index in [-0.39, 0.29) is 0 Å². The first kappa shape index (κ1) is 10.0. The molecule has 1 aliphatic heterocycles. The third kappa shape index (κ3) is 1.60. The summed E-state index contributed by atoms with van der Waals surface area (Å²) < 4.78 is 2.05. The average Bonchev–Trinajstić information content (AvgIpc) is 2.78. The minimum absolute atomic E-state index is 0.674. The highest BCUT2D eigenvalue weighted by atomic mass is 15.1. The lowest BCUT2D eigenvalue weighted by Gasteiger charge is -2.13. The molecule has 0 amide bonds. The number of pyridine rings is 1. The van der Waals surface area contributed by atoms with E-state index in [1.54, 1.807) is 12.4 Å². The van der Waals surface area contributed by atoms with Crippen LogP contribution in [0.1, 0.15) is 24.4 Å². The third-order valence-electron chi connectivity index (χ3n) is 3.12. The van der Waals surface area contributed by atoms with Crippen LogP contribution in [0.2, 0.25) is 0 Å². The van der Waals surface area contributed by atoms with E-state index in [1.807, 2.05) is 16.7 Å². The maximum atomic E-state index is 9.29. The molecule has 0 N–H and O–H groups in total. The van der Waals surface area contributed by atoms with Crippen molar-refractivity contribution in [3.05, 3.63) is 36.0 Å². The van der Waals surface area contributed by atoms with Crippen molar-refractivity contribution in [3.63, 3.8) is 0 Å². The van der Waals surface area contributed by atoms with Crippen LogP contribution in [0.25, 0.3) is 11.3 Å². The second kappa shape index (κ2) is 4.02. The average molecular weight is 224 g/mol. The molecule has 0 atom stereocenters. The van der Waals surface area contributed by atoms with Crippen molar-refractivity contribution in [1.29, 1.82) is 5.26 Å². The fourth-order valence-electron chi connectivity index (χ4n) is 2.30. The SMILES string of the molecule is N#Cc1c(-c2cccnc2)nc2n1CCCC2. The van der Waals surface area contributed by atoms with Gasteiger partial charge in [-0.2, -0.15) is 5.26 Å². The summed E-state index contributed by atoms with van der Waals surface area (Å²) in [6.07, 6.45) is 6.74. The predicted octanol–water partition coefficient (Wildman–Crippen LogP) is 2.15. The largest absolute Gasteiger partial charge is 0.319 e. The lowest BCUT2D eigenvalue weighted by molar-refractivity contribution is 0.519. The Hall–Kier alpha value is -2.15. The number of aryl methyl sites for hydroxylation is 1. The lowest BCUT2D eigenvalue weighted by Crippen LogP contribution is -2.11. The van der Waals surface area contributed by atoms with Gasteiger partial charge in [-0.05, 0) is 25.0 Å². The molecular weight excluding hydrogens is 212 g/mol. The Balaban J connectivity index is 2.18. The van der Waals surface area contributed by atoms with Gasteiger partial charge in [-0.3, -0.25) is 4.98 Å². The highest BCUT2D eigenvalue weighted by Gasteiger charge is 2.20. The van der Waals surface area contributed by atoms with Gasteiger partial charge < -0.3 is 4.57 Å². The molecule has 0 spiro atoms. The summed E-state index contributed by atoms with van der Waals surface area (Å²) in [7, 11) is 0. The number of aromatic nitrogens is 3. The Morgan fingerprint density at radius 1 is 1.35 bits per heavy atom. The first-order chi connectivity index (χ1) is 8.40. The van der Waals surface area contributed by atoms with E-state index in [2.05, 4.69) is 16.0 Å². The van der Waals surface area contributed by atoms with Crippen LogP contribution in [0.3, 0.4) is 0 Å². The molecular formula is C13H12N4. The van der Waals surface area contributed by atoms with Gasteiger partial charge in [-0.15, -0.1) is 0 Å². The van der Waals surface area contributed by atoms with E-state index < -0.39 is 0 Å². The van der Waals surface area contributed by atoms with Crippen LogP contribution < -0.4 is 0 Å². The lowest BCUT2D eigenvalue weighted by atomic mass is 10.1. The normalized spacial score (nSPS) is 14.1. The zero-order chi connectivity index (χ0) is 11.7. The molecule has 0 aromatic carbocycles. The fraction of sp³-hybridized carbons (Fsp3) is 0.308. The van der Waals surface area contributed by atoms with Crippen LogP contribution in [0.5, 0.6) is 0 Å². The van der Waals surface area contributed by atoms with Crippen LogP contribution in [0, 0.1) is 11.3 Å². The zero-order valence-corrected chi connectivity index (χ0v) is 9.43. The summed E-state index contributed by atoms with van der Waals surface area (Å²) in [5, 5.41) is 9.29. The summed E-state index contributed by atoms with van der Waals surface area (Å²) in [6, 6.07) is 6.09. The predicted molar refractivity (Wildman–Crippen MR) is 63.1 cm³/mol. The number of rotatable bonds is 1. The van der Waals surface area contributed by atoms with Gasteiger partial charge in [0.25, 0.3) is 0 Å². The van der Waals surface area contributed by atoms with Gasteiger partial charge in [0.1, 0.15) is 23.3 Å². The Morgan fingerprint density at radius 3 is 3.06 bits per heavy atom. The van der Waals surface area contributed by atoms with Crippen molar-refractivity contribution in [2.45, 2.75) is 25.8 Å².